The molecule has 0 N–H and O–H groups in total. The molecule has 1 fully saturated rings. The van der Waals surface area contributed by atoms with Gasteiger partial charge in [-0.2, -0.15) is 12.6 Å². The van der Waals surface area contributed by atoms with Crippen LogP contribution in [0.4, 0.5) is 11.4 Å². The van der Waals surface area contributed by atoms with Crippen molar-refractivity contribution in [1.29, 1.82) is 0 Å². The molecule has 1 heterocycles. The van der Waals surface area contributed by atoms with Gasteiger partial charge in [-0.15, -0.1) is 0 Å². The average molecular weight is 294 g/mol. The average Bonchev–Trinajstić information content (AvgIpc) is 2.66. The molecule has 1 aromatic carbocycles. The lowest BCUT2D eigenvalue weighted by Gasteiger charge is -2.21. The molecule has 2 rings (SSSR count). The van der Waals surface area contributed by atoms with Crippen molar-refractivity contribution in [2.45, 2.75) is 37.9 Å². The van der Waals surface area contributed by atoms with Gasteiger partial charge in [0.15, 0.2) is 0 Å². The van der Waals surface area contributed by atoms with E-state index >= 15 is 0 Å². The van der Waals surface area contributed by atoms with E-state index < -0.39 is 0 Å². The number of anilines is 1. The smallest absolute Gasteiger partial charge is 0.275 e. The van der Waals surface area contributed by atoms with Gasteiger partial charge in [0, 0.05) is 29.8 Å². The van der Waals surface area contributed by atoms with Gasteiger partial charge in [0.2, 0.25) is 5.91 Å². The van der Waals surface area contributed by atoms with Gasteiger partial charge in [-0.3, -0.25) is 14.9 Å². The molecule has 1 aliphatic heterocycles. The third-order valence-corrected chi connectivity index (χ3v) is 3.75. The molecule has 1 aliphatic rings. The molecule has 0 saturated carbocycles. The van der Waals surface area contributed by atoms with Crippen LogP contribution < -0.4 is 4.90 Å². The molecule has 6 heteroatoms. The Balaban J connectivity index is 2.46. The minimum absolute atomic E-state index is 0.0103. The number of hydrogen-bond donors (Lipinski definition) is 1. The summed E-state index contributed by atoms with van der Waals surface area (Å²) in [5.41, 5.74) is 0.985. The number of benzene rings is 1. The van der Waals surface area contributed by atoms with Crippen molar-refractivity contribution >= 4 is 29.9 Å². The normalized spacial score (nSPS) is 19.5. The molecular formula is C14H18N2O3S. The number of hydrogen-bond acceptors (Lipinski definition) is 4. The van der Waals surface area contributed by atoms with Crippen LogP contribution in [-0.2, 0) is 10.2 Å². The zero-order chi connectivity index (χ0) is 15.1. The first kappa shape index (κ1) is 14.8. The van der Waals surface area contributed by atoms with Gasteiger partial charge in [-0.25, -0.2) is 0 Å². The van der Waals surface area contributed by atoms with Crippen molar-refractivity contribution < 1.29 is 9.72 Å². The first-order chi connectivity index (χ1) is 9.20. The highest BCUT2D eigenvalue weighted by Crippen LogP contribution is 2.35. The molecule has 20 heavy (non-hydrogen) atoms. The van der Waals surface area contributed by atoms with E-state index in [1.807, 2.05) is 20.8 Å². The quantitative estimate of drug-likeness (QED) is 0.518. The van der Waals surface area contributed by atoms with Crippen LogP contribution in [0.3, 0.4) is 0 Å². The maximum atomic E-state index is 11.9. The third-order valence-electron chi connectivity index (χ3n) is 3.40. The molecule has 108 valence electrons. The lowest BCUT2D eigenvalue weighted by atomic mass is 9.85. The fourth-order valence-corrected chi connectivity index (χ4v) is 2.73. The van der Waals surface area contributed by atoms with Crippen LogP contribution in [0.25, 0.3) is 0 Å². The Morgan fingerprint density at radius 2 is 2.05 bits per heavy atom. The van der Waals surface area contributed by atoms with E-state index in [1.54, 1.807) is 17.0 Å². The Kier molecular flexibility index (Phi) is 3.77. The summed E-state index contributed by atoms with van der Waals surface area (Å²) < 4.78 is 0. The van der Waals surface area contributed by atoms with Crippen molar-refractivity contribution in [1.82, 2.24) is 0 Å². The van der Waals surface area contributed by atoms with Crippen LogP contribution >= 0.6 is 12.6 Å². The Morgan fingerprint density at radius 1 is 1.40 bits per heavy atom. The van der Waals surface area contributed by atoms with Crippen LogP contribution in [-0.4, -0.2) is 22.6 Å². The summed E-state index contributed by atoms with van der Waals surface area (Å²) in [4.78, 5) is 24.3. The molecule has 5 nitrogen and oxygen atoms in total. The Hall–Kier alpha value is -1.56. The molecule has 1 saturated heterocycles. The second-order valence-corrected chi connectivity index (χ2v) is 6.80. The molecule has 1 amide bonds. The van der Waals surface area contributed by atoms with Crippen LogP contribution in [0.2, 0.25) is 0 Å². The number of nitrogens with zero attached hydrogens (tertiary/aromatic N) is 2. The molecule has 1 aromatic rings. The van der Waals surface area contributed by atoms with E-state index in [1.165, 1.54) is 6.07 Å². The number of carbonyl (C=O) groups excluding carboxylic acids is 1. The Labute approximate surface area is 123 Å². The summed E-state index contributed by atoms with van der Waals surface area (Å²) >= 11 is 4.30. The molecule has 1 unspecified atom stereocenters. The summed E-state index contributed by atoms with van der Waals surface area (Å²) in [7, 11) is 0. The maximum Gasteiger partial charge on any atom is 0.275 e. The van der Waals surface area contributed by atoms with Crippen LogP contribution in [0, 0.1) is 10.1 Å². The third kappa shape index (κ3) is 2.80. The molecule has 0 bridgehead atoms. The zero-order valence-corrected chi connectivity index (χ0v) is 12.7. The Bertz CT molecular complexity index is 566. The molecular weight excluding hydrogens is 276 g/mol. The fraction of sp³-hybridized carbons (Fsp3) is 0.500. The largest absolute Gasteiger partial charge is 0.311 e. The number of rotatable bonds is 2. The summed E-state index contributed by atoms with van der Waals surface area (Å²) in [6, 6.07) is 5.01. The molecule has 0 spiro atoms. The summed E-state index contributed by atoms with van der Waals surface area (Å²) in [6.45, 7) is 6.28. The van der Waals surface area contributed by atoms with Crippen molar-refractivity contribution in [2.24, 2.45) is 0 Å². The standard InChI is InChI=1S/C14H18N2O3S/c1-14(2,3)11-5-4-9(6-12(11)16(18)19)15-8-10(20)7-13(15)17/h4-6,10,20H,7-8H2,1-3H3. The van der Waals surface area contributed by atoms with E-state index in [0.717, 1.165) is 0 Å². The molecule has 0 aliphatic carbocycles. The lowest BCUT2D eigenvalue weighted by Crippen LogP contribution is -2.25. The van der Waals surface area contributed by atoms with Crippen molar-refractivity contribution in [3.8, 4) is 0 Å². The first-order valence-electron chi connectivity index (χ1n) is 6.47. The second kappa shape index (κ2) is 5.09. The number of amides is 1. The van der Waals surface area contributed by atoms with Crippen molar-refractivity contribution in [3.63, 3.8) is 0 Å². The van der Waals surface area contributed by atoms with Crippen molar-refractivity contribution in [2.75, 3.05) is 11.4 Å². The molecule has 1 atom stereocenters. The molecule has 0 aromatic heterocycles. The number of nitro groups is 1. The summed E-state index contributed by atoms with van der Waals surface area (Å²) in [6.07, 6.45) is 0.373. The SMILES string of the molecule is CC(C)(C)c1ccc(N2CC(S)CC2=O)cc1[N+](=O)[O-]. The van der Waals surface area contributed by atoms with Gasteiger partial charge in [0.25, 0.3) is 5.69 Å². The topological polar surface area (TPSA) is 63.5 Å². The van der Waals surface area contributed by atoms with E-state index in [4.69, 9.17) is 0 Å². The highest BCUT2D eigenvalue weighted by atomic mass is 32.1. The Morgan fingerprint density at radius 3 is 2.50 bits per heavy atom. The predicted molar refractivity (Wildman–Crippen MR) is 81.5 cm³/mol. The zero-order valence-electron chi connectivity index (χ0n) is 11.8. The minimum atomic E-state index is -0.386. The highest BCUT2D eigenvalue weighted by molar-refractivity contribution is 7.81. The van der Waals surface area contributed by atoms with Crippen LogP contribution in [0.5, 0.6) is 0 Å². The van der Waals surface area contributed by atoms with Gasteiger partial charge in [0.1, 0.15) is 0 Å². The minimum Gasteiger partial charge on any atom is -0.311 e. The number of thiol groups is 1. The van der Waals surface area contributed by atoms with Gasteiger partial charge >= 0.3 is 0 Å². The van der Waals surface area contributed by atoms with E-state index in [0.29, 0.717) is 24.2 Å². The summed E-state index contributed by atoms with van der Waals surface area (Å²) in [5, 5.41) is 11.3. The van der Waals surface area contributed by atoms with E-state index in [-0.39, 0.29) is 27.2 Å². The highest BCUT2D eigenvalue weighted by Gasteiger charge is 2.31. The second-order valence-electron chi connectivity index (χ2n) is 6.07. The van der Waals surface area contributed by atoms with Crippen LogP contribution in [0.1, 0.15) is 32.8 Å². The molecule has 0 radical (unpaired) electrons. The van der Waals surface area contributed by atoms with Gasteiger partial charge < -0.3 is 4.90 Å². The number of carbonyl (C=O) groups is 1. The lowest BCUT2D eigenvalue weighted by molar-refractivity contribution is -0.385. The fourth-order valence-electron chi connectivity index (χ4n) is 2.41. The van der Waals surface area contributed by atoms with Gasteiger partial charge in [-0.05, 0) is 17.5 Å². The first-order valence-corrected chi connectivity index (χ1v) is 6.99. The number of nitro benzene ring substituents is 1. The maximum absolute atomic E-state index is 11.9. The van der Waals surface area contributed by atoms with Crippen molar-refractivity contribution in [3.05, 3.63) is 33.9 Å². The van der Waals surface area contributed by atoms with E-state index in [2.05, 4.69) is 12.6 Å². The monoisotopic (exact) mass is 294 g/mol. The summed E-state index contributed by atoms with van der Waals surface area (Å²) in [5.74, 6) is -0.0391. The van der Waals surface area contributed by atoms with Gasteiger partial charge in [-0.1, -0.05) is 20.8 Å². The van der Waals surface area contributed by atoms with Gasteiger partial charge in [0.05, 0.1) is 10.6 Å². The van der Waals surface area contributed by atoms with Crippen LogP contribution in [0.15, 0.2) is 18.2 Å². The predicted octanol–water partition coefficient (Wildman–Crippen LogP) is 2.93. The van der Waals surface area contributed by atoms with E-state index in [9.17, 15) is 14.9 Å².